The minimum atomic E-state index is -1.24. The topological polar surface area (TPSA) is 20.3 Å². The van der Waals surface area contributed by atoms with Gasteiger partial charge in [0.2, 0.25) is 5.91 Å². The van der Waals surface area contributed by atoms with Crippen LogP contribution < -0.4 is 0 Å². The highest BCUT2D eigenvalue weighted by atomic mass is 19.1. The Morgan fingerprint density at radius 3 is 2.42 bits per heavy atom. The molecule has 0 atom stereocenters. The Labute approximate surface area is 72.1 Å². The highest BCUT2D eigenvalue weighted by molar-refractivity contribution is 5.73. The average Bonchev–Trinajstić information content (AvgIpc) is 2.05. The van der Waals surface area contributed by atoms with Crippen LogP contribution in [0.2, 0.25) is 0 Å². The van der Waals surface area contributed by atoms with Gasteiger partial charge in [-0.15, -0.1) is 0 Å². The van der Waals surface area contributed by atoms with Crippen molar-refractivity contribution < 1.29 is 9.18 Å². The molecular weight excluding hydrogens is 157 g/mol. The SMILES string of the molecule is C=CC1(F)CCN(C(C)=O)CC1. The van der Waals surface area contributed by atoms with E-state index in [-0.39, 0.29) is 5.91 Å². The fourth-order valence-corrected chi connectivity index (χ4v) is 1.40. The number of allylic oxidation sites excluding steroid dienone is 1. The molecule has 0 N–H and O–H groups in total. The lowest BCUT2D eigenvalue weighted by atomic mass is 9.94. The first-order chi connectivity index (χ1) is 5.57. The van der Waals surface area contributed by atoms with E-state index in [0.717, 1.165) is 0 Å². The summed E-state index contributed by atoms with van der Waals surface area (Å²) in [5, 5.41) is 0. The van der Waals surface area contributed by atoms with Gasteiger partial charge >= 0.3 is 0 Å². The van der Waals surface area contributed by atoms with Gasteiger partial charge in [-0.1, -0.05) is 12.7 Å². The molecule has 68 valence electrons. The third-order valence-electron chi connectivity index (χ3n) is 2.41. The first-order valence-corrected chi connectivity index (χ1v) is 4.15. The van der Waals surface area contributed by atoms with Crippen molar-refractivity contribution in [3.8, 4) is 0 Å². The van der Waals surface area contributed by atoms with Crippen LogP contribution in [-0.4, -0.2) is 29.6 Å². The summed E-state index contributed by atoms with van der Waals surface area (Å²) in [6.07, 6.45) is 2.12. The molecule has 0 spiro atoms. The molecule has 0 aromatic heterocycles. The van der Waals surface area contributed by atoms with Crippen LogP contribution in [0.3, 0.4) is 0 Å². The summed E-state index contributed by atoms with van der Waals surface area (Å²) >= 11 is 0. The minimum Gasteiger partial charge on any atom is -0.343 e. The number of carbonyl (C=O) groups is 1. The number of carbonyl (C=O) groups excluding carboxylic acids is 1. The predicted molar refractivity (Wildman–Crippen MR) is 45.5 cm³/mol. The van der Waals surface area contributed by atoms with E-state index in [1.807, 2.05) is 0 Å². The van der Waals surface area contributed by atoms with Gasteiger partial charge in [0.1, 0.15) is 5.67 Å². The van der Waals surface area contributed by atoms with E-state index in [1.165, 1.54) is 13.0 Å². The maximum Gasteiger partial charge on any atom is 0.219 e. The molecule has 1 aliphatic heterocycles. The molecule has 0 aliphatic carbocycles. The second-order valence-corrected chi connectivity index (χ2v) is 3.24. The molecule has 3 heteroatoms. The Balaban J connectivity index is 2.49. The number of nitrogens with zero attached hydrogens (tertiary/aromatic N) is 1. The first kappa shape index (κ1) is 9.23. The quantitative estimate of drug-likeness (QED) is 0.548. The highest BCUT2D eigenvalue weighted by Crippen LogP contribution is 2.27. The summed E-state index contributed by atoms with van der Waals surface area (Å²) in [4.78, 5) is 12.5. The Bertz CT molecular complexity index is 195. The zero-order valence-corrected chi connectivity index (χ0v) is 7.35. The van der Waals surface area contributed by atoms with E-state index in [4.69, 9.17) is 0 Å². The fourth-order valence-electron chi connectivity index (χ4n) is 1.40. The molecule has 2 nitrogen and oxygen atoms in total. The van der Waals surface area contributed by atoms with Gasteiger partial charge in [0, 0.05) is 32.9 Å². The smallest absolute Gasteiger partial charge is 0.219 e. The molecule has 1 heterocycles. The van der Waals surface area contributed by atoms with Crippen LogP contribution in [0.15, 0.2) is 12.7 Å². The van der Waals surface area contributed by atoms with Crippen LogP contribution in [0.25, 0.3) is 0 Å². The lowest BCUT2D eigenvalue weighted by Crippen LogP contribution is -2.42. The number of halogens is 1. The van der Waals surface area contributed by atoms with Gasteiger partial charge in [0.15, 0.2) is 0 Å². The molecule has 1 amide bonds. The third-order valence-corrected chi connectivity index (χ3v) is 2.41. The number of amides is 1. The van der Waals surface area contributed by atoms with Crippen molar-refractivity contribution in [2.75, 3.05) is 13.1 Å². The van der Waals surface area contributed by atoms with Crippen LogP contribution in [0.4, 0.5) is 4.39 Å². The summed E-state index contributed by atoms with van der Waals surface area (Å²) in [7, 11) is 0. The molecule has 0 bridgehead atoms. The minimum absolute atomic E-state index is 0.0288. The van der Waals surface area contributed by atoms with E-state index >= 15 is 0 Å². The zero-order chi connectivity index (χ0) is 9.19. The largest absolute Gasteiger partial charge is 0.343 e. The molecule has 0 radical (unpaired) electrons. The molecule has 0 aromatic rings. The number of hydrogen-bond donors (Lipinski definition) is 0. The van der Waals surface area contributed by atoms with Gasteiger partial charge in [-0.25, -0.2) is 4.39 Å². The summed E-state index contributed by atoms with van der Waals surface area (Å²) in [5.74, 6) is 0.0288. The Kier molecular flexibility index (Phi) is 2.50. The zero-order valence-electron chi connectivity index (χ0n) is 7.35. The number of hydrogen-bond acceptors (Lipinski definition) is 1. The Morgan fingerprint density at radius 1 is 1.58 bits per heavy atom. The van der Waals surface area contributed by atoms with Crippen LogP contribution in [0, 0.1) is 0 Å². The Hall–Kier alpha value is -0.860. The van der Waals surface area contributed by atoms with Crippen molar-refractivity contribution in [2.45, 2.75) is 25.4 Å². The lowest BCUT2D eigenvalue weighted by Gasteiger charge is -2.33. The summed E-state index contributed by atoms with van der Waals surface area (Å²) in [6, 6.07) is 0. The van der Waals surface area contributed by atoms with E-state index < -0.39 is 5.67 Å². The van der Waals surface area contributed by atoms with Gasteiger partial charge in [0.05, 0.1) is 0 Å². The molecule has 0 saturated carbocycles. The average molecular weight is 171 g/mol. The van der Waals surface area contributed by atoms with E-state index in [2.05, 4.69) is 6.58 Å². The van der Waals surface area contributed by atoms with Crippen LogP contribution in [0.1, 0.15) is 19.8 Å². The molecule has 1 saturated heterocycles. The normalized spacial score (nSPS) is 22.0. The summed E-state index contributed by atoms with van der Waals surface area (Å²) < 4.78 is 13.5. The summed E-state index contributed by atoms with van der Waals surface area (Å²) in [5.41, 5.74) is -1.24. The second kappa shape index (κ2) is 3.25. The van der Waals surface area contributed by atoms with Crippen molar-refractivity contribution in [1.29, 1.82) is 0 Å². The van der Waals surface area contributed by atoms with E-state index in [0.29, 0.717) is 25.9 Å². The van der Waals surface area contributed by atoms with Gasteiger partial charge in [0.25, 0.3) is 0 Å². The molecule has 0 aromatic carbocycles. The first-order valence-electron chi connectivity index (χ1n) is 4.15. The number of alkyl halides is 1. The molecule has 1 rings (SSSR count). The van der Waals surface area contributed by atoms with Crippen molar-refractivity contribution >= 4 is 5.91 Å². The van der Waals surface area contributed by atoms with Gasteiger partial charge in [-0.2, -0.15) is 0 Å². The molecular formula is C9H14FNO. The lowest BCUT2D eigenvalue weighted by molar-refractivity contribution is -0.130. The predicted octanol–water partition coefficient (Wildman–Crippen LogP) is 1.52. The molecule has 1 fully saturated rings. The highest BCUT2D eigenvalue weighted by Gasteiger charge is 2.31. The standard InChI is InChI=1S/C9H14FNO/c1-3-9(10)4-6-11(7-5-9)8(2)12/h3H,1,4-7H2,2H3. The molecule has 1 aliphatic rings. The molecule has 0 unspecified atom stereocenters. The summed E-state index contributed by atoms with van der Waals surface area (Å²) in [6.45, 7) is 5.98. The molecule has 12 heavy (non-hydrogen) atoms. The van der Waals surface area contributed by atoms with Gasteiger partial charge < -0.3 is 4.90 Å². The maximum atomic E-state index is 13.5. The van der Waals surface area contributed by atoms with Crippen LogP contribution in [-0.2, 0) is 4.79 Å². The number of piperidine rings is 1. The Morgan fingerprint density at radius 2 is 2.08 bits per heavy atom. The van der Waals surface area contributed by atoms with Crippen molar-refractivity contribution in [2.24, 2.45) is 0 Å². The van der Waals surface area contributed by atoms with Crippen LogP contribution in [0.5, 0.6) is 0 Å². The fraction of sp³-hybridized carbons (Fsp3) is 0.667. The van der Waals surface area contributed by atoms with Gasteiger partial charge in [-0.3, -0.25) is 4.79 Å². The van der Waals surface area contributed by atoms with Crippen molar-refractivity contribution in [1.82, 2.24) is 4.90 Å². The van der Waals surface area contributed by atoms with E-state index in [1.54, 1.807) is 4.90 Å². The van der Waals surface area contributed by atoms with Gasteiger partial charge in [-0.05, 0) is 0 Å². The third kappa shape index (κ3) is 1.84. The van der Waals surface area contributed by atoms with Crippen LogP contribution >= 0.6 is 0 Å². The maximum absolute atomic E-state index is 13.5. The monoisotopic (exact) mass is 171 g/mol. The van der Waals surface area contributed by atoms with E-state index in [9.17, 15) is 9.18 Å². The number of likely N-dealkylation sites (tertiary alicyclic amines) is 1. The number of rotatable bonds is 1. The second-order valence-electron chi connectivity index (χ2n) is 3.24. The van der Waals surface area contributed by atoms with Crippen molar-refractivity contribution in [3.05, 3.63) is 12.7 Å². The van der Waals surface area contributed by atoms with Crippen molar-refractivity contribution in [3.63, 3.8) is 0 Å².